The summed E-state index contributed by atoms with van der Waals surface area (Å²) in [5.74, 6) is 1.15. The van der Waals surface area contributed by atoms with Crippen LogP contribution in [0.4, 0.5) is 10.6 Å². The average Bonchev–Trinajstić information content (AvgIpc) is 2.82. The van der Waals surface area contributed by atoms with E-state index in [-0.39, 0.29) is 0 Å². The number of aromatic nitrogens is 1. The number of rotatable bonds is 2. The molecule has 2 unspecified atom stereocenters. The quantitative estimate of drug-likeness (QED) is 0.879. The van der Waals surface area contributed by atoms with Gasteiger partial charge in [0, 0.05) is 23.1 Å². The van der Waals surface area contributed by atoms with Gasteiger partial charge in [0.15, 0.2) is 0 Å². The molecule has 0 radical (unpaired) electrons. The summed E-state index contributed by atoms with van der Waals surface area (Å²) >= 11 is 3.38. The minimum Gasteiger partial charge on any atom is -0.465 e. The van der Waals surface area contributed by atoms with Crippen molar-refractivity contribution in [3.8, 4) is 0 Å². The molecule has 90 valence electrons. The molecule has 0 spiro atoms. The molecule has 2 aliphatic rings. The second kappa shape index (κ2) is 3.60. The maximum absolute atomic E-state index is 11.2. The third-order valence-electron chi connectivity index (χ3n) is 3.55. The molecule has 3 rings (SSSR count). The molecule has 6 heteroatoms. The molecule has 1 aliphatic carbocycles. The van der Waals surface area contributed by atoms with E-state index in [0.717, 1.165) is 23.1 Å². The summed E-state index contributed by atoms with van der Waals surface area (Å²) in [6.45, 7) is 0.612. The van der Waals surface area contributed by atoms with Crippen molar-refractivity contribution >= 4 is 27.8 Å². The predicted octanol–water partition coefficient (Wildman–Crippen LogP) is 2.36. The van der Waals surface area contributed by atoms with Gasteiger partial charge in [-0.05, 0) is 25.0 Å². The molecule has 1 aromatic heterocycles. The second-order valence-electron chi connectivity index (χ2n) is 4.53. The lowest BCUT2D eigenvalue weighted by molar-refractivity contribution is 0.134. The molecule has 1 amide bonds. The Morgan fingerprint density at radius 1 is 1.71 bits per heavy atom. The van der Waals surface area contributed by atoms with Crippen LogP contribution in [-0.2, 0) is 0 Å². The van der Waals surface area contributed by atoms with Gasteiger partial charge in [0.2, 0.25) is 0 Å². The van der Waals surface area contributed by atoms with Crippen LogP contribution in [0.15, 0.2) is 22.8 Å². The van der Waals surface area contributed by atoms with Crippen LogP contribution in [0.25, 0.3) is 0 Å². The van der Waals surface area contributed by atoms with Crippen LogP contribution in [0.3, 0.4) is 0 Å². The molecule has 1 aromatic rings. The lowest BCUT2D eigenvalue weighted by atomic mass is 10.3. The van der Waals surface area contributed by atoms with E-state index in [1.54, 1.807) is 6.20 Å². The monoisotopic (exact) mass is 297 g/mol. The second-order valence-corrected chi connectivity index (χ2v) is 5.45. The van der Waals surface area contributed by atoms with Gasteiger partial charge in [-0.25, -0.2) is 9.78 Å². The minimum absolute atomic E-state index is 0.403. The van der Waals surface area contributed by atoms with Crippen molar-refractivity contribution in [2.75, 3.05) is 11.9 Å². The number of amides is 1. The summed E-state index contributed by atoms with van der Waals surface area (Å²) in [6.07, 6.45) is 2.66. The molecule has 17 heavy (non-hydrogen) atoms. The topological polar surface area (TPSA) is 65.5 Å². The van der Waals surface area contributed by atoms with Crippen LogP contribution in [0.2, 0.25) is 0 Å². The Kier molecular flexibility index (Phi) is 2.29. The number of hydrogen-bond acceptors (Lipinski definition) is 3. The van der Waals surface area contributed by atoms with Crippen LogP contribution < -0.4 is 5.32 Å². The molecule has 0 aromatic carbocycles. The Morgan fingerprint density at radius 3 is 3.18 bits per heavy atom. The normalized spacial score (nSPS) is 29.9. The predicted molar refractivity (Wildman–Crippen MR) is 65.7 cm³/mol. The van der Waals surface area contributed by atoms with Gasteiger partial charge >= 0.3 is 6.09 Å². The zero-order chi connectivity index (χ0) is 12.0. The van der Waals surface area contributed by atoms with Crippen LogP contribution in [0, 0.1) is 5.92 Å². The number of hydrogen-bond donors (Lipinski definition) is 2. The molecule has 2 fully saturated rings. The first kappa shape index (κ1) is 10.8. The van der Waals surface area contributed by atoms with Gasteiger partial charge in [0.25, 0.3) is 0 Å². The van der Waals surface area contributed by atoms with Gasteiger partial charge in [-0.3, -0.25) is 4.90 Å². The first-order valence-corrected chi connectivity index (χ1v) is 6.31. The van der Waals surface area contributed by atoms with E-state index >= 15 is 0 Å². The van der Waals surface area contributed by atoms with Crippen LogP contribution in [0.1, 0.15) is 12.8 Å². The smallest absolute Gasteiger partial charge is 0.409 e. The minimum atomic E-state index is -0.854. The Bertz CT molecular complexity index is 482. The van der Waals surface area contributed by atoms with Crippen molar-refractivity contribution in [3.05, 3.63) is 22.8 Å². The van der Waals surface area contributed by atoms with Crippen molar-refractivity contribution in [2.45, 2.75) is 18.5 Å². The van der Waals surface area contributed by atoms with E-state index < -0.39 is 11.8 Å². The lowest BCUT2D eigenvalue weighted by Crippen LogP contribution is -2.44. The standard InChI is InChI=1S/C11H12BrN3O2/c12-8-1-3-13-9(5-8)14-11-6-7(11)2-4-15(11)10(16)17/h1,3,5,7H,2,4,6H2,(H,13,14)(H,16,17). The Morgan fingerprint density at radius 2 is 2.53 bits per heavy atom. The highest BCUT2D eigenvalue weighted by atomic mass is 79.9. The average molecular weight is 298 g/mol. The molecule has 2 atom stereocenters. The maximum atomic E-state index is 11.2. The number of halogens is 1. The van der Waals surface area contributed by atoms with Crippen LogP contribution in [0.5, 0.6) is 0 Å². The molecule has 2 N–H and O–H groups in total. The number of pyridine rings is 1. The highest BCUT2D eigenvalue weighted by molar-refractivity contribution is 9.10. The zero-order valence-electron chi connectivity index (χ0n) is 9.06. The number of nitrogens with one attached hydrogen (secondary N) is 1. The number of piperidine rings is 1. The van der Waals surface area contributed by atoms with E-state index in [2.05, 4.69) is 26.2 Å². The fourth-order valence-electron chi connectivity index (χ4n) is 2.65. The summed E-state index contributed by atoms with van der Waals surface area (Å²) in [7, 11) is 0. The Balaban J connectivity index is 1.83. The molecule has 2 heterocycles. The molecule has 5 nitrogen and oxygen atoms in total. The SMILES string of the molecule is O=C(O)N1CCC2CC21Nc1cc(Br)ccn1. The maximum Gasteiger partial charge on any atom is 0.409 e. The molecule has 1 saturated heterocycles. The molecule has 1 aliphatic heterocycles. The number of carboxylic acid groups (broad SMARTS) is 1. The van der Waals surface area contributed by atoms with Crippen molar-refractivity contribution < 1.29 is 9.90 Å². The van der Waals surface area contributed by atoms with Crippen LogP contribution in [-0.4, -0.2) is 33.3 Å². The van der Waals surface area contributed by atoms with Gasteiger partial charge in [-0.1, -0.05) is 15.9 Å². The number of carbonyl (C=O) groups is 1. The molecule has 0 bridgehead atoms. The summed E-state index contributed by atoms with van der Waals surface area (Å²) in [5, 5.41) is 12.4. The highest BCUT2D eigenvalue weighted by Gasteiger charge is 2.64. The van der Waals surface area contributed by atoms with Crippen molar-refractivity contribution in [3.63, 3.8) is 0 Å². The summed E-state index contributed by atoms with van der Waals surface area (Å²) in [4.78, 5) is 16.9. The Hall–Kier alpha value is -1.30. The first-order chi connectivity index (χ1) is 8.12. The fraction of sp³-hybridized carbons (Fsp3) is 0.455. The molecular weight excluding hydrogens is 286 g/mol. The van der Waals surface area contributed by atoms with Gasteiger partial charge in [-0.15, -0.1) is 0 Å². The van der Waals surface area contributed by atoms with Gasteiger partial charge in [0.1, 0.15) is 11.5 Å². The van der Waals surface area contributed by atoms with Gasteiger partial charge in [0.05, 0.1) is 0 Å². The van der Waals surface area contributed by atoms with E-state index in [1.165, 1.54) is 4.90 Å². The summed E-state index contributed by atoms with van der Waals surface area (Å²) < 4.78 is 0.934. The highest BCUT2D eigenvalue weighted by Crippen LogP contribution is 2.55. The summed E-state index contributed by atoms with van der Waals surface area (Å²) in [5.41, 5.74) is -0.403. The van der Waals surface area contributed by atoms with Crippen molar-refractivity contribution in [1.29, 1.82) is 0 Å². The van der Waals surface area contributed by atoms with Gasteiger partial charge in [-0.2, -0.15) is 0 Å². The number of fused-ring (bicyclic) bond motifs is 1. The largest absolute Gasteiger partial charge is 0.465 e. The molecular formula is C11H12BrN3O2. The molecule has 1 saturated carbocycles. The van der Waals surface area contributed by atoms with E-state index in [1.807, 2.05) is 12.1 Å². The van der Waals surface area contributed by atoms with Crippen LogP contribution >= 0.6 is 15.9 Å². The number of nitrogens with zero attached hydrogens (tertiary/aromatic N) is 2. The van der Waals surface area contributed by atoms with E-state index in [4.69, 9.17) is 5.11 Å². The van der Waals surface area contributed by atoms with Crippen molar-refractivity contribution in [1.82, 2.24) is 9.88 Å². The van der Waals surface area contributed by atoms with Gasteiger partial charge < -0.3 is 10.4 Å². The summed E-state index contributed by atoms with van der Waals surface area (Å²) in [6, 6.07) is 3.71. The zero-order valence-corrected chi connectivity index (χ0v) is 10.6. The van der Waals surface area contributed by atoms with Crippen molar-refractivity contribution in [2.24, 2.45) is 5.92 Å². The fourth-order valence-corrected chi connectivity index (χ4v) is 2.99. The number of anilines is 1. The van der Waals surface area contributed by atoms with E-state index in [0.29, 0.717) is 12.5 Å². The third-order valence-corrected chi connectivity index (χ3v) is 4.05. The Labute approximate surface area is 107 Å². The lowest BCUT2D eigenvalue weighted by Gasteiger charge is -2.27. The third kappa shape index (κ3) is 1.67. The number of likely N-dealkylation sites (tertiary alicyclic amines) is 1. The van der Waals surface area contributed by atoms with E-state index in [9.17, 15) is 4.79 Å². The first-order valence-electron chi connectivity index (χ1n) is 5.52.